The highest BCUT2D eigenvalue weighted by Gasteiger charge is 2.37. The molecule has 0 spiro atoms. The zero-order valence-electron chi connectivity index (χ0n) is 41.4. The number of carbonyl (C=O) groups is 3. The number of phosphoric ester groups is 1. The van der Waals surface area contributed by atoms with Gasteiger partial charge in [-0.2, -0.15) is 0 Å². The molecule has 3 atom stereocenters. The quantitative estimate of drug-likeness (QED) is 0.0409. The van der Waals surface area contributed by atoms with E-state index in [-0.39, 0.29) is 37.5 Å². The first kappa shape index (κ1) is 55.5. The number of nitrogens with one attached hydrogen (secondary N) is 3. The molecule has 3 N–H and O–H groups in total. The number of carbonyl (C=O) groups excluding carboxylic acids is 3. The Hall–Kier alpha value is -3.82. The van der Waals surface area contributed by atoms with Gasteiger partial charge in [-0.15, -0.1) is 0 Å². The average molecular weight is 918 g/mol. The maximum absolute atomic E-state index is 15.3. The van der Waals surface area contributed by atoms with Crippen LogP contribution < -0.4 is 16.0 Å². The lowest BCUT2D eigenvalue weighted by Gasteiger charge is -2.31. The molecule has 0 aromatic heterocycles. The van der Waals surface area contributed by atoms with Crippen molar-refractivity contribution >= 4 is 25.5 Å². The number of hydrogen-bond donors (Lipinski definition) is 3. The minimum atomic E-state index is -4.52. The van der Waals surface area contributed by atoms with Crippen LogP contribution in [0.4, 0.5) is 0 Å². The van der Waals surface area contributed by atoms with Crippen molar-refractivity contribution in [2.75, 3.05) is 19.8 Å². The summed E-state index contributed by atoms with van der Waals surface area (Å²) in [5, 5.41) is 9.58. The van der Waals surface area contributed by atoms with Crippen LogP contribution in [0.2, 0.25) is 0 Å². The molecule has 0 saturated heterocycles. The van der Waals surface area contributed by atoms with Crippen molar-refractivity contribution in [1.29, 1.82) is 0 Å². The van der Waals surface area contributed by atoms with E-state index in [2.05, 4.69) is 36.7 Å². The van der Waals surface area contributed by atoms with Crippen LogP contribution in [0, 0.1) is 16.2 Å². The lowest BCUT2D eigenvalue weighted by Crippen LogP contribution is -2.41. The lowest BCUT2D eigenvalue weighted by molar-refractivity contribution is -0.131. The monoisotopic (exact) mass is 918 g/mol. The van der Waals surface area contributed by atoms with Crippen molar-refractivity contribution in [3.8, 4) is 0 Å². The van der Waals surface area contributed by atoms with Crippen LogP contribution in [0.25, 0.3) is 0 Å². The molecule has 0 heterocycles. The van der Waals surface area contributed by atoms with Crippen LogP contribution in [-0.2, 0) is 32.5 Å². The van der Waals surface area contributed by atoms with Crippen LogP contribution in [0.5, 0.6) is 0 Å². The van der Waals surface area contributed by atoms with Gasteiger partial charge in [-0.3, -0.25) is 28.0 Å². The van der Waals surface area contributed by atoms with Gasteiger partial charge < -0.3 is 16.0 Å². The van der Waals surface area contributed by atoms with E-state index in [1.807, 2.05) is 133 Å². The van der Waals surface area contributed by atoms with Gasteiger partial charge in [-0.05, 0) is 36.0 Å². The second-order valence-electron chi connectivity index (χ2n) is 19.7. The Bertz CT molecular complexity index is 1640. The van der Waals surface area contributed by atoms with Crippen LogP contribution in [0.3, 0.4) is 0 Å². The van der Waals surface area contributed by atoms with Gasteiger partial charge in [0.25, 0.3) is 0 Å². The summed E-state index contributed by atoms with van der Waals surface area (Å²) in [4.78, 5) is 41.9. The average Bonchev–Trinajstić information content (AvgIpc) is 3.30. The van der Waals surface area contributed by atoms with Crippen LogP contribution in [0.15, 0.2) is 91.0 Å². The number of phosphoric acid groups is 1. The standard InChI is InChI=1S/C54H84N3O7P/c1-10-13-16-28-37-52(4,5)49(58)55-46(43-31-22-19-23-32-43)40-62-65(61,63-41-47(44-33-24-20-25-34-44)56-50(59)53(6,7)38-29-17-14-11-2)64-42-48(45-35-26-21-27-36-45)57-51(60)54(8,9)39-30-18-15-12-3/h19-27,31-36,46-48H,10-18,28-30,37-42H2,1-9H3,(H,55,58)(H,56,59)(H,57,60)/t46-,47-,48-/m0/s1. The van der Waals surface area contributed by atoms with Gasteiger partial charge in [0, 0.05) is 16.2 Å². The maximum atomic E-state index is 15.3. The molecule has 0 aliphatic rings. The summed E-state index contributed by atoms with van der Waals surface area (Å²) >= 11 is 0. The predicted octanol–water partition coefficient (Wildman–Crippen LogP) is 13.7. The van der Waals surface area contributed by atoms with E-state index in [0.29, 0.717) is 0 Å². The molecule has 0 bridgehead atoms. The molecule has 362 valence electrons. The van der Waals surface area contributed by atoms with E-state index < -0.39 is 42.2 Å². The Labute approximate surface area is 393 Å². The van der Waals surface area contributed by atoms with Crippen molar-refractivity contribution in [1.82, 2.24) is 16.0 Å². The molecule has 0 saturated carbocycles. The molecular formula is C54H84N3O7P. The van der Waals surface area contributed by atoms with Gasteiger partial charge in [-0.25, -0.2) is 4.57 Å². The fourth-order valence-electron chi connectivity index (χ4n) is 7.71. The fraction of sp³-hybridized carbons (Fsp3) is 0.611. The van der Waals surface area contributed by atoms with Crippen LogP contribution in [0.1, 0.15) is 193 Å². The van der Waals surface area contributed by atoms with E-state index in [1.165, 1.54) is 0 Å². The Kier molecular flexibility index (Phi) is 24.2. The van der Waals surface area contributed by atoms with E-state index in [9.17, 15) is 14.4 Å². The van der Waals surface area contributed by atoms with Crippen molar-refractivity contribution < 1.29 is 32.5 Å². The second kappa shape index (κ2) is 28.4. The normalized spacial score (nSPS) is 13.7. The van der Waals surface area contributed by atoms with Gasteiger partial charge in [0.2, 0.25) is 17.7 Å². The first-order valence-electron chi connectivity index (χ1n) is 24.6. The van der Waals surface area contributed by atoms with E-state index >= 15 is 4.57 Å². The van der Waals surface area contributed by atoms with Crippen molar-refractivity contribution in [3.63, 3.8) is 0 Å². The topological polar surface area (TPSA) is 132 Å². The number of benzene rings is 3. The lowest BCUT2D eigenvalue weighted by atomic mass is 9.85. The molecule has 0 fully saturated rings. The Morgan fingerprint density at radius 3 is 0.908 bits per heavy atom. The second-order valence-corrected chi connectivity index (χ2v) is 21.4. The number of unbranched alkanes of at least 4 members (excludes halogenated alkanes) is 9. The molecule has 3 rings (SSSR count). The molecule has 0 aliphatic heterocycles. The van der Waals surface area contributed by atoms with E-state index in [4.69, 9.17) is 13.6 Å². The Balaban J connectivity index is 1.99. The highest BCUT2D eigenvalue weighted by atomic mass is 31.2. The predicted molar refractivity (Wildman–Crippen MR) is 265 cm³/mol. The van der Waals surface area contributed by atoms with Gasteiger partial charge >= 0.3 is 7.82 Å². The summed E-state index contributed by atoms with van der Waals surface area (Å²) in [5.74, 6) is -0.427. The van der Waals surface area contributed by atoms with Crippen molar-refractivity contribution in [3.05, 3.63) is 108 Å². The van der Waals surface area contributed by atoms with Gasteiger partial charge in [0.1, 0.15) is 0 Å². The van der Waals surface area contributed by atoms with E-state index in [1.54, 1.807) is 0 Å². The molecule has 11 heteroatoms. The molecule has 0 aliphatic carbocycles. The minimum Gasteiger partial charge on any atom is -0.346 e. The zero-order valence-corrected chi connectivity index (χ0v) is 42.3. The smallest absolute Gasteiger partial charge is 0.346 e. The summed E-state index contributed by atoms with van der Waals surface area (Å²) in [5.41, 5.74) is 0.314. The number of rotatable bonds is 33. The summed E-state index contributed by atoms with van der Waals surface area (Å²) in [7, 11) is -4.52. The highest BCUT2D eigenvalue weighted by Crippen LogP contribution is 2.51. The summed E-state index contributed by atoms with van der Waals surface area (Å²) in [6.07, 6.45) is 14.8. The first-order chi connectivity index (χ1) is 31.0. The molecule has 0 unspecified atom stereocenters. The largest absolute Gasteiger partial charge is 0.475 e. The summed E-state index contributed by atoms with van der Waals surface area (Å²) < 4.78 is 34.2. The van der Waals surface area contributed by atoms with Crippen LogP contribution in [-0.4, -0.2) is 37.5 Å². The molecule has 10 nitrogen and oxygen atoms in total. The molecule has 3 aromatic carbocycles. The summed E-state index contributed by atoms with van der Waals surface area (Å²) in [6, 6.07) is 26.3. The molecular weight excluding hydrogens is 834 g/mol. The molecule has 65 heavy (non-hydrogen) atoms. The SMILES string of the molecule is CCCCCCC(C)(C)C(=O)N[C@@H](COP(=O)(OC[C@H](NC(=O)C(C)(C)CCCCCC)c1ccccc1)OC[C@H](NC(=O)C(C)(C)CCCCCC)c1ccccc1)c1ccccc1. The molecule has 3 aromatic rings. The Morgan fingerprint density at radius 2 is 0.677 bits per heavy atom. The summed E-state index contributed by atoms with van der Waals surface area (Å²) in [6.45, 7) is 17.5. The molecule has 0 radical (unpaired) electrons. The van der Waals surface area contributed by atoms with Gasteiger partial charge in [-0.1, -0.05) is 230 Å². The first-order valence-corrected chi connectivity index (χ1v) is 26.0. The molecule has 3 amide bonds. The third-order valence-electron chi connectivity index (χ3n) is 12.5. The van der Waals surface area contributed by atoms with Crippen molar-refractivity contribution in [2.24, 2.45) is 16.2 Å². The maximum Gasteiger partial charge on any atom is 0.475 e. The fourth-order valence-corrected chi connectivity index (χ4v) is 8.93. The Morgan fingerprint density at radius 1 is 0.431 bits per heavy atom. The zero-order chi connectivity index (χ0) is 47.8. The third kappa shape index (κ3) is 19.9. The highest BCUT2D eigenvalue weighted by molar-refractivity contribution is 7.48. The van der Waals surface area contributed by atoms with Crippen molar-refractivity contribution in [2.45, 2.75) is 177 Å². The van der Waals surface area contributed by atoms with E-state index in [0.717, 1.165) is 113 Å². The minimum absolute atomic E-state index is 0.142. The van der Waals surface area contributed by atoms with Gasteiger partial charge in [0.15, 0.2) is 0 Å². The third-order valence-corrected chi connectivity index (χ3v) is 13.9. The number of hydrogen-bond acceptors (Lipinski definition) is 7. The number of amides is 3. The van der Waals surface area contributed by atoms with Gasteiger partial charge in [0.05, 0.1) is 37.9 Å². The van der Waals surface area contributed by atoms with Crippen LogP contribution >= 0.6 is 7.82 Å².